The quantitative estimate of drug-likeness (QED) is 0.873. The number of para-hydroxylation sites is 1. The molecule has 1 aliphatic rings. The van der Waals surface area contributed by atoms with Gasteiger partial charge in [0.25, 0.3) is 5.91 Å². The maximum Gasteiger partial charge on any atom is 0.267 e. The maximum absolute atomic E-state index is 12.2. The third-order valence-corrected chi connectivity index (χ3v) is 3.80. The van der Waals surface area contributed by atoms with E-state index in [9.17, 15) is 9.59 Å². The van der Waals surface area contributed by atoms with Gasteiger partial charge >= 0.3 is 0 Å². The summed E-state index contributed by atoms with van der Waals surface area (Å²) in [6, 6.07) is 8.53. The van der Waals surface area contributed by atoms with Crippen LogP contribution in [0.4, 0.5) is 0 Å². The van der Waals surface area contributed by atoms with Crippen LogP contribution in [0.3, 0.4) is 0 Å². The Morgan fingerprint density at radius 1 is 1.26 bits per heavy atom. The average Bonchev–Trinajstić information content (AvgIpc) is 2.56. The number of morpholine rings is 1. The molecular formula is C16H20ClN3O3. The molecule has 2 N–H and O–H groups in total. The van der Waals surface area contributed by atoms with Gasteiger partial charge in [0.05, 0.1) is 13.2 Å². The highest BCUT2D eigenvalue weighted by Crippen LogP contribution is 2.07. The number of rotatable bonds is 4. The summed E-state index contributed by atoms with van der Waals surface area (Å²) < 4.78 is 5.28. The molecule has 1 amide bonds. The number of carbonyl (C=O) groups is 1. The monoisotopic (exact) mass is 337 g/mol. The predicted octanol–water partition coefficient (Wildman–Crippen LogP) is 1.01. The van der Waals surface area contributed by atoms with E-state index in [-0.39, 0.29) is 23.7 Å². The van der Waals surface area contributed by atoms with Gasteiger partial charge < -0.3 is 15.0 Å². The molecule has 2 heterocycles. The van der Waals surface area contributed by atoms with E-state index in [0.717, 1.165) is 32.8 Å². The Labute approximate surface area is 140 Å². The Bertz CT molecular complexity index is 726. The molecule has 7 heteroatoms. The minimum Gasteiger partial charge on any atom is -0.379 e. The van der Waals surface area contributed by atoms with E-state index in [1.807, 2.05) is 6.07 Å². The molecule has 3 rings (SSSR count). The molecular weight excluding hydrogens is 318 g/mol. The van der Waals surface area contributed by atoms with E-state index >= 15 is 0 Å². The topological polar surface area (TPSA) is 74.4 Å². The molecule has 124 valence electrons. The van der Waals surface area contributed by atoms with Gasteiger partial charge in [-0.2, -0.15) is 0 Å². The molecule has 0 radical (unpaired) electrons. The van der Waals surface area contributed by atoms with Crippen LogP contribution in [0.25, 0.3) is 10.9 Å². The first kappa shape index (κ1) is 17.5. The van der Waals surface area contributed by atoms with Crippen LogP contribution in [0.2, 0.25) is 0 Å². The van der Waals surface area contributed by atoms with Crippen LogP contribution in [-0.4, -0.2) is 55.2 Å². The number of pyridine rings is 1. The highest BCUT2D eigenvalue weighted by Gasteiger charge is 2.12. The molecule has 0 bridgehead atoms. The second-order valence-electron chi connectivity index (χ2n) is 5.30. The number of amides is 1. The number of ether oxygens (including phenoxy) is 1. The third kappa shape index (κ3) is 4.31. The molecule has 6 nitrogen and oxygen atoms in total. The molecule has 1 saturated heterocycles. The first-order valence-electron chi connectivity index (χ1n) is 7.44. The largest absolute Gasteiger partial charge is 0.379 e. The number of hydrogen-bond acceptors (Lipinski definition) is 4. The summed E-state index contributed by atoms with van der Waals surface area (Å²) in [7, 11) is 0. The zero-order valence-corrected chi connectivity index (χ0v) is 13.5. The van der Waals surface area contributed by atoms with Gasteiger partial charge in [-0.3, -0.25) is 14.5 Å². The zero-order valence-electron chi connectivity index (χ0n) is 12.7. The van der Waals surface area contributed by atoms with Crippen LogP contribution in [0, 0.1) is 0 Å². The lowest BCUT2D eigenvalue weighted by atomic mass is 10.2. The van der Waals surface area contributed by atoms with Gasteiger partial charge in [-0.05, 0) is 12.1 Å². The van der Waals surface area contributed by atoms with Crippen molar-refractivity contribution in [1.82, 2.24) is 15.2 Å². The highest BCUT2D eigenvalue weighted by molar-refractivity contribution is 5.94. The molecule has 0 atom stereocenters. The maximum atomic E-state index is 12.2. The van der Waals surface area contributed by atoms with Gasteiger partial charge in [0.1, 0.15) is 5.69 Å². The summed E-state index contributed by atoms with van der Waals surface area (Å²) in [6.45, 7) is 4.60. The van der Waals surface area contributed by atoms with Crippen molar-refractivity contribution in [1.29, 1.82) is 0 Å². The highest BCUT2D eigenvalue weighted by atomic mass is 35.5. The molecule has 0 unspecified atom stereocenters. The van der Waals surface area contributed by atoms with Crippen molar-refractivity contribution in [3.63, 3.8) is 0 Å². The number of benzene rings is 1. The van der Waals surface area contributed by atoms with Gasteiger partial charge in [-0.15, -0.1) is 12.4 Å². The number of aromatic amines is 1. The number of hydrogen-bond donors (Lipinski definition) is 2. The summed E-state index contributed by atoms with van der Waals surface area (Å²) in [6.07, 6.45) is 0. The van der Waals surface area contributed by atoms with Crippen LogP contribution >= 0.6 is 12.4 Å². The van der Waals surface area contributed by atoms with Crippen molar-refractivity contribution < 1.29 is 9.53 Å². The van der Waals surface area contributed by atoms with Crippen molar-refractivity contribution in [2.75, 3.05) is 39.4 Å². The predicted molar refractivity (Wildman–Crippen MR) is 91.4 cm³/mol. The summed E-state index contributed by atoms with van der Waals surface area (Å²) >= 11 is 0. The van der Waals surface area contributed by atoms with E-state index in [1.54, 1.807) is 18.2 Å². The van der Waals surface area contributed by atoms with E-state index in [2.05, 4.69) is 15.2 Å². The Morgan fingerprint density at radius 3 is 2.78 bits per heavy atom. The molecule has 0 spiro atoms. The average molecular weight is 338 g/mol. The Balaban J connectivity index is 0.00000192. The number of fused-ring (bicyclic) bond motifs is 1. The third-order valence-electron chi connectivity index (χ3n) is 3.80. The van der Waals surface area contributed by atoms with Crippen molar-refractivity contribution in [3.8, 4) is 0 Å². The van der Waals surface area contributed by atoms with Gasteiger partial charge in [-0.25, -0.2) is 0 Å². The lowest BCUT2D eigenvalue weighted by Crippen LogP contribution is -2.41. The minimum atomic E-state index is -0.254. The van der Waals surface area contributed by atoms with Crippen molar-refractivity contribution in [3.05, 3.63) is 46.2 Å². The first-order valence-corrected chi connectivity index (χ1v) is 7.44. The van der Waals surface area contributed by atoms with E-state index in [0.29, 0.717) is 23.1 Å². The fourth-order valence-corrected chi connectivity index (χ4v) is 2.57. The summed E-state index contributed by atoms with van der Waals surface area (Å²) in [5.74, 6) is -0.254. The molecule has 1 fully saturated rings. The van der Waals surface area contributed by atoms with E-state index in [1.165, 1.54) is 6.07 Å². The number of nitrogens with one attached hydrogen (secondary N) is 2. The normalized spacial score (nSPS) is 15.1. The van der Waals surface area contributed by atoms with Gasteiger partial charge in [0.2, 0.25) is 0 Å². The SMILES string of the molecule is Cl.O=C(NCCN1CCOCC1)c1cc(=O)c2ccccc2[nH]1. The summed E-state index contributed by atoms with van der Waals surface area (Å²) in [4.78, 5) is 29.4. The van der Waals surface area contributed by atoms with Crippen molar-refractivity contribution in [2.24, 2.45) is 0 Å². The molecule has 0 saturated carbocycles. The van der Waals surface area contributed by atoms with Crippen molar-refractivity contribution in [2.45, 2.75) is 0 Å². The zero-order chi connectivity index (χ0) is 15.4. The number of H-pyrrole nitrogens is 1. The van der Waals surface area contributed by atoms with Crippen LogP contribution in [0.5, 0.6) is 0 Å². The van der Waals surface area contributed by atoms with Crippen LogP contribution in [0.15, 0.2) is 35.1 Å². The Hall–Kier alpha value is -1.89. The lowest BCUT2D eigenvalue weighted by Gasteiger charge is -2.26. The summed E-state index contributed by atoms with van der Waals surface area (Å²) in [5, 5.41) is 3.44. The van der Waals surface area contributed by atoms with Gasteiger partial charge in [0, 0.05) is 43.1 Å². The molecule has 1 aromatic carbocycles. The standard InChI is InChI=1S/C16H19N3O3.ClH/c20-15-11-14(18-13-4-2-1-3-12(13)15)16(21)17-5-6-19-7-9-22-10-8-19;/h1-4,11H,5-10H2,(H,17,21)(H,18,20);1H. The summed E-state index contributed by atoms with van der Waals surface area (Å²) in [5.41, 5.74) is 0.826. The van der Waals surface area contributed by atoms with Gasteiger partial charge in [0.15, 0.2) is 5.43 Å². The number of halogens is 1. The molecule has 2 aromatic rings. The molecule has 0 aliphatic carbocycles. The number of carbonyl (C=O) groups excluding carboxylic acids is 1. The van der Waals surface area contributed by atoms with Crippen LogP contribution < -0.4 is 10.7 Å². The lowest BCUT2D eigenvalue weighted by molar-refractivity contribution is 0.0383. The van der Waals surface area contributed by atoms with Gasteiger partial charge in [-0.1, -0.05) is 12.1 Å². The first-order chi connectivity index (χ1) is 10.7. The van der Waals surface area contributed by atoms with Crippen LogP contribution in [0.1, 0.15) is 10.5 Å². The van der Waals surface area contributed by atoms with E-state index < -0.39 is 0 Å². The smallest absolute Gasteiger partial charge is 0.267 e. The number of aromatic nitrogens is 1. The molecule has 1 aromatic heterocycles. The fourth-order valence-electron chi connectivity index (χ4n) is 2.57. The Morgan fingerprint density at radius 2 is 2.00 bits per heavy atom. The van der Waals surface area contributed by atoms with Crippen LogP contribution in [-0.2, 0) is 4.74 Å². The van der Waals surface area contributed by atoms with E-state index in [4.69, 9.17) is 4.74 Å². The molecule has 23 heavy (non-hydrogen) atoms. The fraction of sp³-hybridized carbons (Fsp3) is 0.375. The molecule has 1 aliphatic heterocycles. The Kier molecular flexibility index (Phi) is 6.15. The number of nitrogens with zero attached hydrogens (tertiary/aromatic N) is 1. The van der Waals surface area contributed by atoms with Crippen molar-refractivity contribution >= 4 is 29.2 Å². The second kappa shape index (κ2) is 8.10. The second-order valence-corrected chi connectivity index (χ2v) is 5.30. The minimum absolute atomic E-state index is 0.